The average Bonchev–Trinajstić information content (AvgIpc) is 3.27. The number of hydrogen-bond donors (Lipinski definition) is 1. The molecule has 0 radical (unpaired) electrons. The molecule has 2 heterocycles. The van der Waals surface area contributed by atoms with E-state index in [0.717, 1.165) is 18.5 Å². The molecule has 4 rings (SSSR count). The van der Waals surface area contributed by atoms with Crippen molar-refractivity contribution in [2.45, 2.75) is 43.3 Å². The van der Waals surface area contributed by atoms with Gasteiger partial charge in [0.1, 0.15) is 6.33 Å². The zero-order chi connectivity index (χ0) is 21.6. The van der Waals surface area contributed by atoms with Crippen molar-refractivity contribution >= 4 is 35.3 Å². The summed E-state index contributed by atoms with van der Waals surface area (Å²) in [5, 5.41) is 12.5. The number of thioether (sulfide) groups is 1. The first kappa shape index (κ1) is 22.0. The van der Waals surface area contributed by atoms with Gasteiger partial charge in [-0.05, 0) is 31.0 Å². The highest BCUT2D eigenvalue weighted by Gasteiger charge is 2.26. The first-order valence-corrected chi connectivity index (χ1v) is 12.1. The summed E-state index contributed by atoms with van der Waals surface area (Å²) in [5.74, 6) is 0.311. The second kappa shape index (κ2) is 10.4. The van der Waals surface area contributed by atoms with Gasteiger partial charge in [0, 0.05) is 37.2 Å². The van der Waals surface area contributed by atoms with Crippen LogP contribution in [0.5, 0.6) is 0 Å². The van der Waals surface area contributed by atoms with E-state index in [-0.39, 0.29) is 17.7 Å². The molecule has 0 bridgehead atoms. The summed E-state index contributed by atoms with van der Waals surface area (Å²) in [5.41, 5.74) is 0.852. The minimum atomic E-state index is 0.00278. The van der Waals surface area contributed by atoms with Gasteiger partial charge in [0.2, 0.25) is 5.91 Å². The molecule has 1 aromatic carbocycles. The summed E-state index contributed by atoms with van der Waals surface area (Å²) >= 11 is 7.43. The maximum Gasteiger partial charge on any atom is 0.317 e. The van der Waals surface area contributed by atoms with Crippen LogP contribution in [0.2, 0.25) is 5.02 Å². The van der Waals surface area contributed by atoms with E-state index < -0.39 is 0 Å². The van der Waals surface area contributed by atoms with Crippen molar-refractivity contribution < 1.29 is 9.59 Å². The number of nitrogens with zero attached hydrogens (tertiary/aromatic N) is 5. The second-order valence-corrected chi connectivity index (χ2v) is 9.28. The molecule has 0 spiro atoms. The van der Waals surface area contributed by atoms with Crippen molar-refractivity contribution in [2.75, 3.05) is 31.9 Å². The Labute approximate surface area is 191 Å². The van der Waals surface area contributed by atoms with E-state index in [1.807, 2.05) is 32.6 Å². The number of carbonyl (C=O) groups is 2. The Morgan fingerprint density at radius 2 is 1.84 bits per heavy atom. The predicted molar refractivity (Wildman–Crippen MR) is 121 cm³/mol. The van der Waals surface area contributed by atoms with Crippen LogP contribution in [0.25, 0.3) is 5.69 Å². The smallest absolute Gasteiger partial charge is 0.317 e. The number of rotatable bonds is 5. The number of carbonyl (C=O) groups excluding carboxylic acids is 2. The van der Waals surface area contributed by atoms with Gasteiger partial charge in [-0.25, -0.2) is 4.79 Å². The normalized spacial score (nSPS) is 17.6. The molecule has 1 aliphatic heterocycles. The van der Waals surface area contributed by atoms with Crippen LogP contribution >= 0.6 is 23.4 Å². The SMILES string of the molecule is O=C(CSc1nncn1-c1cccc(Cl)c1)N1CCN(C(=O)NC2CCCCC2)CC1. The van der Waals surface area contributed by atoms with E-state index >= 15 is 0 Å². The molecule has 3 amide bonds. The summed E-state index contributed by atoms with van der Waals surface area (Å²) in [4.78, 5) is 28.8. The summed E-state index contributed by atoms with van der Waals surface area (Å²) in [6.45, 7) is 2.23. The third-order valence-corrected chi connectivity index (χ3v) is 6.94. The molecule has 0 atom stereocenters. The molecule has 2 aliphatic rings. The second-order valence-electron chi connectivity index (χ2n) is 7.90. The van der Waals surface area contributed by atoms with Crippen molar-refractivity contribution in [3.05, 3.63) is 35.6 Å². The molecule has 31 heavy (non-hydrogen) atoms. The molecule has 2 fully saturated rings. The summed E-state index contributed by atoms with van der Waals surface area (Å²) in [6, 6.07) is 7.71. The third-order valence-electron chi connectivity index (χ3n) is 5.78. The van der Waals surface area contributed by atoms with E-state index in [9.17, 15) is 9.59 Å². The Hall–Kier alpha value is -2.26. The first-order valence-electron chi connectivity index (χ1n) is 10.7. The number of nitrogens with one attached hydrogen (secondary N) is 1. The minimum absolute atomic E-state index is 0.00278. The predicted octanol–water partition coefficient (Wildman–Crippen LogP) is 3.20. The highest BCUT2D eigenvalue weighted by Crippen LogP contribution is 2.22. The van der Waals surface area contributed by atoms with Gasteiger partial charge in [-0.1, -0.05) is 48.7 Å². The van der Waals surface area contributed by atoms with Crippen LogP contribution < -0.4 is 5.32 Å². The molecule has 10 heteroatoms. The highest BCUT2D eigenvalue weighted by atomic mass is 35.5. The van der Waals surface area contributed by atoms with Gasteiger partial charge in [0.05, 0.1) is 11.4 Å². The van der Waals surface area contributed by atoms with E-state index in [1.54, 1.807) is 12.4 Å². The van der Waals surface area contributed by atoms with Crippen LogP contribution in [0.3, 0.4) is 0 Å². The Balaban J connectivity index is 1.25. The Bertz CT molecular complexity index is 909. The fourth-order valence-corrected chi connectivity index (χ4v) is 5.03. The summed E-state index contributed by atoms with van der Waals surface area (Å²) in [7, 11) is 0. The van der Waals surface area contributed by atoms with Crippen molar-refractivity contribution in [3.63, 3.8) is 0 Å². The Morgan fingerprint density at radius 1 is 1.10 bits per heavy atom. The van der Waals surface area contributed by atoms with Crippen molar-refractivity contribution in [2.24, 2.45) is 0 Å². The zero-order valence-corrected chi connectivity index (χ0v) is 18.9. The molecule has 1 saturated carbocycles. The first-order chi connectivity index (χ1) is 15.1. The maximum atomic E-state index is 12.7. The lowest BCUT2D eigenvalue weighted by atomic mass is 9.96. The van der Waals surface area contributed by atoms with Crippen LogP contribution in [-0.2, 0) is 4.79 Å². The molecule has 2 aromatic rings. The molecule has 8 nitrogen and oxygen atoms in total. The molecule has 1 aliphatic carbocycles. The molecule has 1 N–H and O–H groups in total. The van der Waals surface area contributed by atoms with Crippen molar-refractivity contribution in [3.8, 4) is 5.69 Å². The summed E-state index contributed by atoms with van der Waals surface area (Å²) in [6.07, 6.45) is 7.40. The quantitative estimate of drug-likeness (QED) is 0.690. The van der Waals surface area contributed by atoms with Crippen LogP contribution in [0, 0.1) is 0 Å². The standard InChI is InChI=1S/C21H27ClN6O2S/c22-16-5-4-8-18(13-16)28-15-23-25-21(28)31-14-19(29)26-9-11-27(12-10-26)20(30)24-17-6-2-1-3-7-17/h4-5,8,13,15,17H,1-3,6-7,9-12,14H2,(H,24,30). The Morgan fingerprint density at radius 3 is 2.58 bits per heavy atom. The number of hydrogen-bond acceptors (Lipinski definition) is 5. The van der Waals surface area contributed by atoms with Gasteiger partial charge in [-0.15, -0.1) is 10.2 Å². The lowest BCUT2D eigenvalue weighted by Gasteiger charge is -2.36. The highest BCUT2D eigenvalue weighted by molar-refractivity contribution is 7.99. The van der Waals surface area contributed by atoms with Gasteiger partial charge in [-0.3, -0.25) is 9.36 Å². The summed E-state index contributed by atoms with van der Waals surface area (Å²) < 4.78 is 1.82. The number of piperazine rings is 1. The Kier molecular flexibility index (Phi) is 7.34. The van der Waals surface area contributed by atoms with Crippen molar-refractivity contribution in [1.82, 2.24) is 29.9 Å². The monoisotopic (exact) mass is 462 g/mol. The van der Waals surface area contributed by atoms with Crippen LogP contribution in [-0.4, -0.2) is 74.5 Å². The van der Waals surface area contributed by atoms with Gasteiger partial charge >= 0.3 is 6.03 Å². The molecule has 1 aromatic heterocycles. The largest absolute Gasteiger partial charge is 0.338 e. The van der Waals surface area contributed by atoms with Gasteiger partial charge < -0.3 is 15.1 Å². The molecule has 166 valence electrons. The van der Waals surface area contributed by atoms with E-state index in [0.29, 0.717) is 42.4 Å². The molecular formula is C21H27ClN6O2S. The number of urea groups is 1. The number of aromatic nitrogens is 3. The van der Waals surface area contributed by atoms with Gasteiger partial charge in [0.15, 0.2) is 5.16 Å². The fraction of sp³-hybridized carbons (Fsp3) is 0.524. The lowest BCUT2D eigenvalue weighted by molar-refractivity contribution is -0.129. The topological polar surface area (TPSA) is 83.4 Å². The zero-order valence-electron chi connectivity index (χ0n) is 17.4. The number of benzene rings is 1. The van der Waals surface area contributed by atoms with E-state index in [4.69, 9.17) is 11.6 Å². The van der Waals surface area contributed by atoms with Crippen molar-refractivity contribution in [1.29, 1.82) is 0 Å². The van der Waals surface area contributed by atoms with Crippen LogP contribution in [0.15, 0.2) is 35.7 Å². The van der Waals surface area contributed by atoms with Crippen LogP contribution in [0.4, 0.5) is 4.79 Å². The molecule has 1 saturated heterocycles. The fourth-order valence-electron chi connectivity index (χ4n) is 4.02. The number of amides is 3. The van der Waals surface area contributed by atoms with E-state index in [1.165, 1.54) is 31.0 Å². The lowest BCUT2D eigenvalue weighted by Crippen LogP contribution is -2.55. The van der Waals surface area contributed by atoms with Gasteiger partial charge in [0.25, 0.3) is 0 Å². The number of halogens is 1. The molecule has 0 unspecified atom stereocenters. The third kappa shape index (κ3) is 5.71. The van der Waals surface area contributed by atoms with Crippen LogP contribution in [0.1, 0.15) is 32.1 Å². The average molecular weight is 463 g/mol. The maximum absolute atomic E-state index is 12.7. The van der Waals surface area contributed by atoms with E-state index in [2.05, 4.69) is 15.5 Å². The minimum Gasteiger partial charge on any atom is -0.338 e. The molecular weight excluding hydrogens is 436 g/mol. The van der Waals surface area contributed by atoms with Gasteiger partial charge in [-0.2, -0.15) is 0 Å².